The molecule has 1 rings (SSSR count). The standard InChI is InChI=1S/C12H18N2O/c1-9(2)10-5-7-11(8-6-10)13-12(15)14(3)4/h5-9H,1-4H3,(H,13,15)/i5+1,6+1,7+1,8+1,10+1,11+1. The minimum absolute atomic E-state index is 0.104. The lowest BCUT2D eigenvalue weighted by molar-refractivity contribution is 0.230. The molecule has 1 N–H and O–H groups in total. The SMILES string of the molecule is CC(C)[13c]1[13cH][13cH][13c](NC(=O)N(C)C)[13cH][13cH]1. The predicted octanol–water partition coefficient (Wildman–Crippen LogP) is 2.90. The van der Waals surface area contributed by atoms with Gasteiger partial charge in [0, 0.05) is 19.8 Å². The molecule has 0 saturated carbocycles. The van der Waals surface area contributed by atoms with Gasteiger partial charge < -0.3 is 10.2 Å². The molecule has 0 saturated heterocycles. The summed E-state index contributed by atoms with van der Waals surface area (Å²) >= 11 is 0. The van der Waals surface area contributed by atoms with Crippen LogP contribution in [0.15, 0.2) is 24.3 Å². The molecule has 0 aliphatic rings. The van der Waals surface area contributed by atoms with Crippen molar-refractivity contribution in [2.24, 2.45) is 0 Å². The summed E-state index contributed by atoms with van der Waals surface area (Å²) < 4.78 is 0. The van der Waals surface area contributed by atoms with Crippen molar-refractivity contribution in [3.63, 3.8) is 0 Å². The summed E-state index contributed by atoms with van der Waals surface area (Å²) in [6.07, 6.45) is 0. The molecule has 3 nitrogen and oxygen atoms in total. The zero-order chi connectivity index (χ0) is 11.4. The van der Waals surface area contributed by atoms with Gasteiger partial charge in [-0.15, -0.1) is 0 Å². The minimum Gasteiger partial charge on any atom is -0.331 e. The molecule has 0 bridgehead atoms. The number of hydrogen-bond acceptors (Lipinski definition) is 1. The third-order valence-corrected chi connectivity index (χ3v) is 2.23. The fourth-order valence-electron chi connectivity index (χ4n) is 1.19. The Morgan fingerprint density at radius 1 is 1.20 bits per heavy atom. The third kappa shape index (κ3) is 3.27. The third-order valence-electron chi connectivity index (χ3n) is 2.23. The van der Waals surface area contributed by atoms with Crippen LogP contribution in [0.25, 0.3) is 0 Å². The second-order valence-corrected chi connectivity index (χ2v) is 4.10. The maximum Gasteiger partial charge on any atom is 0.321 e. The Balaban J connectivity index is 2.69. The number of carbonyl (C=O) groups is 1. The van der Waals surface area contributed by atoms with E-state index in [4.69, 9.17) is 0 Å². The molecule has 2 amide bonds. The van der Waals surface area contributed by atoms with Gasteiger partial charge in [-0.05, 0) is 23.6 Å². The van der Waals surface area contributed by atoms with Crippen molar-refractivity contribution < 1.29 is 4.79 Å². The zero-order valence-electron chi connectivity index (χ0n) is 9.74. The number of benzene rings is 1. The Morgan fingerprint density at radius 2 is 1.73 bits per heavy atom. The summed E-state index contributed by atoms with van der Waals surface area (Å²) in [5.41, 5.74) is 2.11. The molecule has 0 aromatic heterocycles. The Bertz CT molecular complexity index is 328. The lowest BCUT2D eigenvalue weighted by atomic mass is 10.3. The molecule has 0 aliphatic heterocycles. The van der Waals surface area contributed by atoms with Gasteiger partial charge in [0.15, 0.2) is 0 Å². The first-order chi connectivity index (χ1) is 7.00. The summed E-state index contributed by atoms with van der Waals surface area (Å²) in [4.78, 5) is 12.9. The first kappa shape index (κ1) is 11.6. The van der Waals surface area contributed by atoms with Crippen LogP contribution in [0.2, 0.25) is 0 Å². The number of carbonyl (C=O) groups excluding carboxylic acids is 1. The Labute approximate surface area is 91.1 Å². The van der Waals surface area contributed by atoms with Gasteiger partial charge in [0.1, 0.15) is 0 Å². The molecule has 0 unspecified atom stereocenters. The summed E-state index contributed by atoms with van der Waals surface area (Å²) in [6, 6.07) is 7.83. The Morgan fingerprint density at radius 3 is 2.13 bits per heavy atom. The fraction of sp³-hybridized carbons (Fsp3) is 0.417. The normalized spacial score (nSPS) is 10.2. The number of rotatable bonds is 2. The van der Waals surface area contributed by atoms with Gasteiger partial charge in [-0.3, -0.25) is 0 Å². The van der Waals surface area contributed by atoms with Crippen molar-refractivity contribution >= 4 is 11.7 Å². The van der Waals surface area contributed by atoms with E-state index in [0.717, 1.165) is 5.69 Å². The van der Waals surface area contributed by atoms with Crippen LogP contribution in [-0.2, 0) is 0 Å². The maximum absolute atomic E-state index is 11.3. The van der Waals surface area contributed by atoms with Gasteiger partial charge in [-0.2, -0.15) is 0 Å². The topological polar surface area (TPSA) is 32.3 Å². The number of nitrogens with zero attached hydrogens (tertiary/aromatic N) is 1. The second kappa shape index (κ2) is 4.82. The average Bonchev–Trinajstić information content (AvgIpc) is 2.18. The van der Waals surface area contributed by atoms with Gasteiger partial charge in [0.05, 0.1) is 0 Å². The molecule has 3 heteroatoms. The van der Waals surface area contributed by atoms with Crippen LogP contribution in [-0.4, -0.2) is 25.0 Å². The molecule has 82 valence electrons. The molecular weight excluding hydrogens is 194 g/mol. The van der Waals surface area contributed by atoms with Gasteiger partial charge in [-0.25, -0.2) is 4.79 Å². The molecule has 0 radical (unpaired) electrons. The van der Waals surface area contributed by atoms with E-state index in [0.29, 0.717) is 5.92 Å². The lowest BCUT2D eigenvalue weighted by Crippen LogP contribution is -2.27. The zero-order valence-corrected chi connectivity index (χ0v) is 9.74. The van der Waals surface area contributed by atoms with E-state index in [2.05, 4.69) is 19.2 Å². The fourth-order valence-corrected chi connectivity index (χ4v) is 1.19. The van der Waals surface area contributed by atoms with Crippen LogP contribution in [0, 0.1) is 0 Å². The van der Waals surface area contributed by atoms with Crippen molar-refractivity contribution in [1.29, 1.82) is 0 Å². The van der Waals surface area contributed by atoms with Gasteiger partial charge in [-0.1, -0.05) is 26.0 Å². The van der Waals surface area contributed by atoms with Crippen LogP contribution >= 0.6 is 0 Å². The van der Waals surface area contributed by atoms with E-state index in [9.17, 15) is 4.79 Å². The monoisotopic (exact) mass is 212 g/mol. The lowest BCUT2D eigenvalue weighted by Gasteiger charge is -2.12. The number of hydrogen-bond donors (Lipinski definition) is 1. The second-order valence-electron chi connectivity index (χ2n) is 4.10. The molecule has 15 heavy (non-hydrogen) atoms. The molecular formula is C12H18N2O. The molecule has 1 aromatic rings. The van der Waals surface area contributed by atoms with E-state index in [1.54, 1.807) is 14.1 Å². The first-order valence-electron chi connectivity index (χ1n) is 5.09. The number of anilines is 1. The van der Waals surface area contributed by atoms with Crippen molar-refractivity contribution in [3.05, 3.63) is 29.8 Å². The predicted molar refractivity (Wildman–Crippen MR) is 63.2 cm³/mol. The molecule has 0 fully saturated rings. The summed E-state index contributed by atoms with van der Waals surface area (Å²) in [5.74, 6) is 0.517. The Kier molecular flexibility index (Phi) is 3.72. The van der Waals surface area contributed by atoms with E-state index >= 15 is 0 Å². The average molecular weight is 212 g/mol. The van der Waals surface area contributed by atoms with Gasteiger partial charge in [0.25, 0.3) is 0 Å². The van der Waals surface area contributed by atoms with Crippen LogP contribution in [0.4, 0.5) is 10.5 Å². The van der Waals surface area contributed by atoms with E-state index in [1.165, 1.54) is 10.5 Å². The molecule has 0 spiro atoms. The summed E-state index contributed by atoms with van der Waals surface area (Å²) in [7, 11) is 3.44. The van der Waals surface area contributed by atoms with Crippen molar-refractivity contribution in [3.8, 4) is 0 Å². The largest absolute Gasteiger partial charge is 0.331 e. The molecule has 0 atom stereocenters. The number of amides is 2. The van der Waals surface area contributed by atoms with E-state index in [1.807, 2.05) is 24.3 Å². The maximum atomic E-state index is 11.3. The highest BCUT2D eigenvalue weighted by atomic mass is 16.2. The summed E-state index contributed by atoms with van der Waals surface area (Å²) in [6.45, 7) is 4.29. The van der Waals surface area contributed by atoms with Crippen LogP contribution in [0.3, 0.4) is 0 Å². The molecule has 0 aliphatic carbocycles. The molecule has 1 aromatic carbocycles. The molecule has 0 heterocycles. The quantitative estimate of drug-likeness (QED) is 0.803. The van der Waals surface area contributed by atoms with Crippen LogP contribution in [0.1, 0.15) is 25.3 Å². The van der Waals surface area contributed by atoms with E-state index < -0.39 is 0 Å². The summed E-state index contributed by atoms with van der Waals surface area (Å²) in [5, 5.41) is 2.79. The highest BCUT2D eigenvalue weighted by Crippen LogP contribution is 2.17. The minimum atomic E-state index is -0.104. The highest BCUT2D eigenvalue weighted by Gasteiger charge is 2.04. The number of urea groups is 1. The smallest absolute Gasteiger partial charge is 0.321 e. The van der Waals surface area contributed by atoms with Crippen LogP contribution in [0.5, 0.6) is 0 Å². The van der Waals surface area contributed by atoms with Gasteiger partial charge >= 0.3 is 6.03 Å². The van der Waals surface area contributed by atoms with Crippen molar-refractivity contribution in [2.45, 2.75) is 19.8 Å². The highest BCUT2D eigenvalue weighted by molar-refractivity contribution is 5.88. The van der Waals surface area contributed by atoms with Crippen molar-refractivity contribution in [1.82, 2.24) is 4.90 Å². The van der Waals surface area contributed by atoms with Crippen molar-refractivity contribution in [2.75, 3.05) is 19.4 Å². The van der Waals surface area contributed by atoms with Crippen LogP contribution < -0.4 is 5.32 Å². The first-order valence-corrected chi connectivity index (χ1v) is 5.09. The number of nitrogens with one attached hydrogen (secondary N) is 1. The Hall–Kier alpha value is -1.51. The van der Waals surface area contributed by atoms with E-state index in [-0.39, 0.29) is 6.03 Å². The van der Waals surface area contributed by atoms with Gasteiger partial charge in [0.2, 0.25) is 0 Å².